The molecule has 0 spiro atoms. The Bertz CT molecular complexity index is 168. The molecule has 6 heteroatoms. The molecule has 0 radical (unpaired) electrons. The average Bonchev–Trinajstić information content (AvgIpc) is 1.96. The van der Waals surface area contributed by atoms with Gasteiger partial charge in [0.2, 0.25) is 0 Å². The summed E-state index contributed by atoms with van der Waals surface area (Å²) in [4.78, 5) is 0. The second-order valence-corrected chi connectivity index (χ2v) is 15.5. The molecule has 0 bridgehead atoms. The molecule has 0 aliphatic heterocycles. The van der Waals surface area contributed by atoms with E-state index in [0.717, 1.165) is 6.23 Å². The van der Waals surface area contributed by atoms with E-state index < -0.39 is 25.9 Å². The van der Waals surface area contributed by atoms with Crippen LogP contribution in [0.4, 0.5) is 0 Å². The highest BCUT2D eigenvalue weighted by Crippen LogP contribution is 2.15. The SMILES string of the molecule is CO[SiH](C)CO[Si](C)(C)O[Si](C)(C)C. The Hall–Kier alpha value is 0.531. The van der Waals surface area contributed by atoms with Crippen LogP contribution in [0.2, 0.25) is 39.3 Å². The summed E-state index contributed by atoms with van der Waals surface area (Å²) in [5.74, 6) is 0. The molecule has 86 valence electrons. The van der Waals surface area contributed by atoms with Crippen LogP contribution in [0.1, 0.15) is 0 Å². The smallest absolute Gasteiger partial charge is 0.321 e. The van der Waals surface area contributed by atoms with Crippen LogP contribution in [0.25, 0.3) is 0 Å². The van der Waals surface area contributed by atoms with Gasteiger partial charge in [-0.3, -0.25) is 0 Å². The fourth-order valence-corrected chi connectivity index (χ4v) is 9.97. The maximum atomic E-state index is 6.04. The Morgan fingerprint density at radius 1 is 1.07 bits per heavy atom. The molecule has 0 saturated heterocycles. The third kappa shape index (κ3) is 7.89. The molecule has 0 heterocycles. The summed E-state index contributed by atoms with van der Waals surface area (Å²) in [6.07, 6.45) is 0.764. The molecule has 0 aromatic rings. The van der Waals surface area contributed by atoms with Crippen molar-refractivity contribution >= 4 is 25.9 Å². The second kappa shape index (κ2) is 5.57. The van der Waals surface area contributed by atoms with Crippen LogP contribution >= 0.6 is 0 Å². The van der Waals surface area contributed by atoms with E-state index in [-0.39, 0.29) is 0 Å². The number of hydrogen-bond acceptors (Lipinski definition) is 3. The fourth-order valence-electron chi connectivity index (χ4n) is 1.15. The van der Waals surface area contributed by atoms with Crippen LogP contribution in [0, 0.1) is 0 Å². The van der Waals surface area contributed by atoms with Crippen LogP contribution in [0.3, 0.4) is 0 Å². The summed E-state index contributed by atoms with van der Waals surface area (Å²) >= 11 is 0. The Morgan fingerprint density at radius 2 is 1.57 bits per heavy atom. The van der Waals surface area contributed by atoms with E-state index in [1.54, 1.807) is 7.11 Å². The highest BCUT2D eigenvalue weighted by atomic mass is 28.4. The molecule has 1 unspecified atom stereocenters. The molecule has 0 aliphatic carbocycles. The first-order valence-corrected chi connectivity index (χ1v) is 13.7. The van der Waals surface area contributed by atoms with Gasteiger partial charge in [-0.1, -0.05) is 0 Å². The summed E-state index contributed by atoms with van der Waals surface area (Å²) in [7, 11) is -2.71. The van der Waals surface area contributed by atoms with E-state index in [1.807, 2.05) is 0 Å². The van der Waals surface area contributed by atoms with Gasteiger partial charge in [0.05, 0.1) is 6.23 Å². The van der Waals surface area contributed by atoms with Crippen molar-refractivity contribution in [3.63, 3.8) is 0 Å². The quantitative estimate of drug-likeness (QED) is 0.678. The standard InChI is InChI=1S/C8H24O3Si3/c1-9-12(2)8-10-14(6,7)11-13(3,4)5/h12H,8H2,1-7H3. The average molecular weight is 253 g/mol. The van der Waals surface area contributed by atoms with Crippen molar-refractivity contribution in [3.8, 4) is 0 Å². The lowest BCUT2D eigenvalue weighted by atomic mass is 11.7. The zero-order valence-corrected chi connectivity index (χ0v) is 13.7. The summed E-state index contributed by atoms with van der Waals surface area (Å²) < 4.78 is 17.2. The molecule has 0 aromatic heterocycles. The van der Waals surface area contributed by atoms with Gasteiger partial charge in [-0.25, -0.2) is 0 Å². The molecular weight excluding hydrogens is 228 g/mol. The van der Waals surface area contributed by atoms with Gasteiger partial charge < -0.3 is 13.0 Å². The molecule has 14 heavy (non-hydrogen) atoms. The van der Waals surface area contributed by atoms with E-state index in [1.165, 1.54) is 0 Å². The monoisotopic (exact) mass is 252 g/mol. The van der Waals surface area contributed by atoms with Crippen LogP contribution < -0.4 is 0 Å². The normalized spacial score (nSPS) is 15.6. The second-order valence-electron chi connectivity index (χ2n) is 4.97. The Kier molecular flexibility index (Phi) is 5.78. The first kappa shape index (κ1) is 14.5. The van der Waals surface area contributed by atoms with Gasteiger partial charge in [-0.15, -0.1) is 0 Å². The first-order valence-electron chi connectivity index (χ1n) is 5.03. The molecular formula is C8H24O3Si3. The lowest BCUT2D eigenvalue weighted by molar-refractivity contribution is 0.270. The molecule has 0 aromatic carbocycles. The van der Waals surface area contributed by atoms with Crippen LogP contribution in [-0.4, -0.2) is 39.3 Å². The maximum Gasteiger partial charge on any atom is 0.321 e. The highest BCUT2D eigenvalue weighted by molar-refractivity contribution is 6.81. The molecule has 0 aliphatic rings. The van der Waals surface area contributed by atoms with Crippen molar-refractivity contribution in [2.75, 3.05) is 13.3 Å². The third-order valence-electron chi connectivity index (χ3n) is 1.62. The summed E-state index contributed by atoms with van der Waals surface area (Å²) in [5.41, 5.74) is 0. The molecule has 0 rings (SSSR count). The largest absolute Gasteiger partial charge is 0.436 e. The lowest BCUT2D eigenvalue weighted by Gasteiger charge is -2.31. The van der Waals surface area contributed by atoms with Gasteiger partial charge in [0, 0.05) is 7.11 Å². The molecule has 0 N–H and O–H groups in total. The van der Waals surface area contributed by atoms with E-state index in [2.05, 4.69) is 39.3 Å². The predicted molar refractivity (Wildman–Crippen MR) is 67.9 cm³/mol. The predicted octanol–water partition coefficient (Wildman–Crippen LogP) is 2.10. The highest BCUT2D eigenvalue weighted by Gasteiger charge is 2.31. The van der Waals surface area contributed by atoms with Crippen LogP contribution in [-0.2, 0) is 13.0 Å². The van der Waals surface area contributed by atoms with Crippen molar-refractivity contribution < 1.29 is 13.0 Å². The maximum absolute atomic E-state index is 6.04. The molecule has 0 saturated carbocycles. The molecule has 0 fully saturated rings. The number of rotatable bonds is 6. The van der Waals surface area contributed by atoms with Gasteiger partial charge in [0.25, 0.3) is 0 Å². The Balaban J connectivity index is 3.95. The van der Waals surface area contributed by atoms with Crippen molar-refractivity contribution in [2.24, 2.45) is 0 Å². The van der Waals surface area contributed by atoms with Gasteiger partial charge in [0.15, 0.2) is 17.4 Å². The van der Waals surface area contributed by atoms with Gasteiger partial charge in [0.1, 0.15) is 0 Å². The van der Waals surface area contributed by atoms with Gasteiger partial charge in [-0.05, 0) is 39.3 Å². The van der Waals surface area contributed by atoms with Gasteiger partial charge >= 0.3 is 8.56 Å². The Labute approximate surface area is 91.9 Å². The lowest BCUT2D eigenvalue weighted by Crippen LogP contribution is -2.46. The first-order chi connectivity index (χ1) is 6.16. The summed E-state index contributed by atoms with van der Waals surface area (Å²) in [6, 6.07) is 0. The zero-order chi connectivity index (χ0) is 11.4. The fraction of sp³-hybridized carbons (Fsp3) is 1.00. The van der Waals surface area contributed by atoms with E-state index in [4.69, 9.17) is 13.0 Å². The van der Waals surface area contributed by atoms with Crippen molar-refractivity contribution in [1.29, 1.82) is 0 Å². The van der Waals surface area contributed by atoms with Crippen LogP contribution in [0.15, 0.2) is 0 Å². The van der Waals surface area contributed by atoms with Gasteiger partial charge in [-0.2, -0.15) is 0 Å². The molecule has 0 amide bonds. The minimum absolute atomic E-state index is 0.764. The molecule has 1 atom stereocenters. The summed E-state index contributed by atoms with van der Waals surface area (Å²) in [6.45, 7) is 13.0. The van der Waals surface area contributed by atoms with Crippen molar-refractivity contribution in [2.45, 2.75) is 39.3 Å². The van der Waals surface area contributed by atoms with Crippen LogP contribution in [0.5, 0.6) is 0 Å². The van der Waals surface area contributed by atoms with Crippen molar-refractivity contribution in [3.05, 3.63) is 0 Å². The molecule has 3 nitrogen and oxygen atoms in total. The zero-order valence-electron chi connectivity index (χ0n) is 10.5. The minimum atomic E-state index is -1.90. The topological polar surface area (TPSA) is 27.7 Å². The number of hydrogen-bond donors (Lipinski definition) is 0. The summed E-state index contributed by atoms with van der Waals surface area (Å²) in [5, 5.41) is 0. The Morgan fingerprint density at radius 3 is 1.93 bits per heavy atom. The van der Waals surface area contributed by atoms with E-state index >= 15 is 0 Å². The van der Waals surface area contributed by atoms with E-state index in [0.29, 0.717) is 0 Å². The van der Waals surface area contributed by atoms with E-state index in [9.17, 15) is 0 Å². The van der Waals surface area contributed by atoms with Crippen molar-refractivity contribution in [1.82, 2.24) is 0 Å². The third-order valence-corrected chi connectivity index (χ3v) is 8.67. The minimum Gasteiger partial charge on any atom is -0.436 e.